The van der Waals surface area contributed by atoms with Gasteiger partial charge >= 0.3 is 0 Å². The molecule has 146 valence electrons. The summed E-state index contributed by atoms with van der Waals surface area (Å²) in [6, 6.07) is 8.81. The summed E-state index contributed by atoms with van der Waals surface area (Å²) in [7, 11) is 0. The van der Waals surface area contributed by atoms with Crippen LogP contribution in [0.3, 0.4) is 0 Å². The SMILES string of the molecule is N#Cc1cccc(C2=CNC(C(=O)N[C@@H]3C[C@@H](Cn4cncn4)N(C#N)C3)O2)c1. The van der Waals surface area contributed by atoms with Crippen LogP contribution in [0.4, 0.5) is 0 Å². The molecule has 10 heteroatoms. The van der Waals surface area contributed by atoms with Crippen LogP contribution < -0.4 is 10.6 Å². The molecule has 0 aliphatic carbocycles. The highest BCUT2D eigenvalue weighted by Gasteiger charge is 2.35. The molecule has 29 heavy (non-hydrogen) atoms. The minimum atomic E-state index is -0.861. The quantitative estimate of drug-likeness (QED) is 0.689. The maximum absolute atomic E-state index is 12.6. The number of hydrogen-bond donors (Lipinski definition) is 2. The summed E-state index contributed by atoms with van der Waals surface area (Å²) in [6.45, 7) is 0.956. The number of benzene rings is 1. The first kappa shape index (κ1) is 18.3. The topological polar surface area (TPSA) is 132 Å². The number of likely N-dealkylation sites (tertiary alicyclic amines) is 1. The van der Waals surface area contributed by atoms with Gasteiger partial charge in [0.1, 0.15) is 18.4 Å². The Bertz CT molecular complexity index is 1000. The normalized spacial score (nSPS) is 22.8. The fraction of sp³-hybridized carbons (Fsp3) is 0.316. The highest BCUT2D eigenvalue weighted by atomic mass is 16.5. The molecule has 10 nitrogen and oxygen atoms in total. The fourth-order valence-corrected chi connectivity index (χ4v) is 3.51. The smallest absolute Gasteiger partial charge is 0.282 e. The fourth-order valence-electron chi connectivity index (χ4n) is 3.51. The number of hydrogen-bond acceptors (Lipinski definition) is 8. The molecule has 1 aromatic carbocycles. The van der Waals surface area contributed by atoms with Gasteiger partial charge in [-0.15, -0.1) is 0 Å². The third kappa shape index (κ3) is 3.96. The van der Waals surface area contributed by atoms with Crippen molar-refractivity contribution in [1.82, 2.24) is 30.3 Å². The molecule has 2 aliphatic rings. The molecule has 1 unspecified atom stereocenters. The molecule has 1 aromatic heterocycles. The third-order valence-corrected chi connectivity index (χ3v) is 4.88. The summed E-state index contributed by atoms with van der Waals surface area (Å²) in [6.07, 6.45) is 6.60. The molecule has 1 fully saturated rings. The van der Waals surface area contributed by atoms with E-state index in [1.165, 1.54) is 6.33 Å². The zero-order valence-corrected chi connectivity index (χ0v) is 15.4. The van der Waals surface area contributed by atoms with Crippen LogP contribution in [0.5, 0.6) is 0 Å². The number of aromatic nitrogens is 3. The average molecular weight is 390 g/mol. The van der Waals surface area contributed by atoms with Crippen molar-refractivity contribution in [2.75, 3.05) is 6.54 Å². The zero-order chi connectivity index (χ0) is 20.2. The molecule has 0 spiro atoms. The van der Waals surface area contributed by atoms with Crippen molar-refractivity contribution in [3.05, 3.63) is 54.2 Å². The number of nitrogens with zero attached hydrogens (tertiary/aromatic N) is 6. The molecule has 0 saturated carbocycles. The van der Waals surface area contributed by atoms with Gasteiger partial charge in [0, 0.05) is 24.4 Å². The Morgan fingerprint density at radius 2 is 2.31 bits per heavy atom. The minimum Gasteiger partial charge on any atom is -0.459 e. The average Bonchev–Trinajstić information content (AvgIpc) is 3.49. The van der Waals surface area contributed by atoms with E-state index in [0.717, 1.165) is 5.56 Å². The molecule has 1 saturated heterocycles. The summed E-state index contributed by atoms with van der Waals surface area (Å²) < 4.78 is 7.38. The maximum Gasteiger partial charge on any atom is 0.282 e. The van der Waals surface area contributed by atoms with Crippen molar-refractivity contribution in [2.45, 2.75) is 31.3 Å². The van der Waals surface area contributed by atoms with Crippen molar-refractivity contribution >= 4 is 11.7 Å². The second-order valence-corrected chi connectivity index (χ2v) is 6.83. The first-order valence-electron chi connectivity index (χ1n) is 9.09. The molecule has 0 bridgehead atoms. The maximum atomic E-state index is 12.6. The van der Waals surface area contributed by atoms with Crippen LogP contribution >= 0.6 is 0 Å². The Morgan fingerprint density at radius 1 is 1.41 bits per heavy atom. The molecular weight excluding hydrogens is 372 g/mol. The van der Waals surface area contributed by atoms with Gasteiger partial charge in [-0.3, -0.25) is 9.48 Å². The standard InChI is InChI=1S/C19H18N8O2/c20-6-13-2-1-3-14(4-13)17-7-23-19(29-17)18(28)25-15-5-16(26(8-15)10-21)9-27-12-22-11-24-27/h1-4,7,11-12,15-16,19,23H,5,8-9H2,(H,25,28)/t15-,16+,19?/m1/s1. The minimum absolute atomic E-state index is 0.0631. The number of nitrogens with one attached hydrogen (secondary N) is 2. The van der Waals surface area contributed by atoms with E-state index < -0.39 is 6.23 Å². The van der Waals surface area contributed by atoms with Gasteiger partial charge in [-0.25, -0.2) is 4.98 Å². The lowest BCUT2D eigenvalue weighted by Gasteiger charge is -2.17. The monoisotopic (exact) mass is 390 g/mol. The first-order valence-corrected chi connectivity index (χ1v) is 9.09. The van der Waals surface area contributed by atoms with Crippen LogP contribution in [0.1, 0.15) is 17.5 Å². The van der Waals surface area contributed by atoms with E-state index in [1.807, 2.05) is 6.07 Å². The Labute approximate surface area is 167 Å². The summed E-state index contributed by atoms with van der Waals surface area (Å²) >= 11 is 0. The Balaban J connectivity index is 1.33. The van der Waals surface area contributed by atoms with Gasteiger partial charge in [0.25, 0.3) is 5.91 Å². The van der Waals surface area contributed by atoms with Gasteiger partial charge in [-0.2, -0.15) is 15.6 Å². The second-order valence-electron chi connectivity index (χ2n) is 6.83. The van der Waals surface area contributed by atoms with E-state index in [-0.39, 0.29) is 18.0 Å². The zero-order valence-electron chi connectivity index (χ0n) is 15.4. The number of ether oxygens (including phenoxy) is 1. The third-order valence-electron chi connectivity index (χ3n) is 4.88. The van der Waals surface area contributed by atoms with Gasteiger partial charge in [-0.05, 0) is 18.6 Å². The number of carbonyl (C=O) groups is 1. The lowest BCUT2D eigenvalue weighted by atomic mass is 10.1. The Hall–Kier alpha value is -4.05. The summed E-state index contributed by atoms with van der Waals surface area (Å²) in [5.74, 6) is 0.188. The Morgan fingerprint density at radius 3 is 3.07 bits per heavy atom. The first-order chi connectivity index (χ1) is 14.2. The number of nitriles is 2. The molecule has 3 heterocycles. The number of amides is 1. The summed E-state index contributed by atoms with van der Waals surface area (Å²) in [5.41, 5.74) is 1.23. The van der Waals surface area contributed by atoms with Crippen molar-refractivity contribution < 1.29 is 9.53 Å². The van der Waals surface area contributed by atoms with Crippen molar-refractivity contribution in [3.8, 4) is 12.3 Å². The molecule has 2 aliphatic heterocycles. The Kier molecular flexibility index (Phi) is 4.99. The van der Waals surface area contributed by atoms with Crippen LogP contribution in [-0.4, -0.2) is 50.4 Å². The van der Waals surface area contributed by atoms with Gasteiger partial charge < -0.3 is 20.3 Å². The molecule has 2 aromatic rings. The molecule has 2 N–H and O–H groups in total. The van der Waals surface area contributed by atoms with Gasteiger partial charge in [-0.1, -0.05) is 12.1 Å². The van der Waals surface area contributed by atoms with E-state index in [4.69, 9.17) is 10.00 Å². The van der Waals surface area contributed by atoms with Crippen LogP contribution in [0, 0.1) is 22.8 Å². The number of carbonyl (C=O) groups excluding carboxylic acids is 1. The van der Waals surface area contributed by atoms with E-state index in [1.54, 1.807) is 40.3 Å². The van der Waals surface area contributed by atoms with E-state index >= 15 is 0 Å². The summed E-state index contributed by atoms with van der Waals surface area (Å²) in [5, 5.41) is 28.3. The van der Waals surface area contributed by atoms with Crippen molar-refractivity contribution in [1.29, 1.82) is 10.5 Å². The summed E-state index contributed by atoms with van der Waals surface area (Å²) in [4.78, 5) is 18.2. The van der Waals surface area contributed by atoms with Crippen LogP contribution in [0.2, 0.25) is 0 Å². The van der Waals surface area contributed by atoms with Crippen molar-refractivity contribution in [2.24, 2.45) is 0 Å². The highest BCUT2D eigenvalue weighted by Crippen LogP contribution is 2.23. The van der Waals surface area contributed by atoms with Crippen LogP contribution in [-0.2, 0) is 16.1 Å². The van der Waals surface area contributed by atoms with Crippen molar-refractivity contribution in [3.63, 3.8) is 0 Å². The number of rotatable bonds is 5. The lowest BCUT2D eigenvalue weighted by Crippen LogP contribution is -2.46. The van der Waals surface area contributed by atoms with E-state index in [9.17, 15) is 10.1 Å². The predicted octanol–water partition coefficient (Wildman–Crippen LogP) is 0.134. The molecule has 3 atom stereocenters. The van der Waals surface area contributed by atoms with Gasteiger partial charge in [0.05, 0.1) is 24.2 Å². The largest absolute Gasteiger partial charge is 0.459 e. The van der Waals surface area contributed by atoms with Gasteiger partial charge in [0.15, 0.2) is 6.19 Å². The predicted molar refractivity (Wildman–Crippen MR) is 99.8 cm³/mol. The van der Waals surface area contributed by atoms with Gasteiger partial charge in [0.2, 0.25) is 6.23 Å². The van der Waals surface area contributed by atoms with E-state index in [0.29, 0.717) is 30.8 Å². The second kappa shape index (κ2) is 7.90. The molecular formula is C19H18N8O2. The molecule has 0 radical (unpaired) electrons. The highest BCUT2D eigenvalue weighted by molar-refractivity contribution is 5.83. The molecule has 1 amide bonds. The molecule has 4 rings (SSSR count). The van der Waals surface area contributed by atoms with Crippen LogP contribution in [0.15, 0.2) is 43.1 Å². The van der Waals surface area contributed by atoms with Crippen LogP contribution in [0.25, 0.3) is 5.76 Å². The van der Waals surface area contributed by atoms with E-state index in [2.05, 4.69) is 33.0 Å². The lowest BCUT2D eigenvalue weighted by molar-refractivity contribution is -0.129.